The summed E-state index contributed by atoms with van der Waals surface area (Å²) in [5.41, 5.74) is 0.945. The Morgan fingerprint density at radius 2 is 2.19 bits per heavy atom. The Labute approximate surface area is 132 Å². The van der Waals surface area contributed by atoms with Gasteiger partial charge in [-0.3, -0.25) is 0 Å². The summed E-state index contributed by atoms with van der Waals surface area (Å²) in [6.45, 7) is 2.91. The van der Waals surface area contributed by atoms with Gasteiger partial charge in [0, 0.05) is 19.1 Å². The lowest BCUT2D eigenvalue weighted by Gasteiger charge is -2.24. The van der Waals surface area contributed by atoms with Crippen molar-refractivity contribution in [1.29, 1.82) is 5.26 Å². The van der Waals surface area contributed by atoms with Crippen LogP contribution in [0.4, 0.5) is 0 Å². The lowest BCUT2D eigenvalue weighted by atomic mass is 10.1. The molecule has 2 rings (SSSR count). The summed E-state index contributed by atoms with van der Waals surface area (Å²) < 4.78 is 27.1. The molecule has 1 heterocycles. The standard InChI is InChI=1S/C14H19N3O2S.ClH/c1-11-5-3-7-14(13(11)9-15)20(18,19)17-8-4-6-12(17)10-16-2;/h3,5,7,12,16H,4,6,8,10H2,1-2H3;1H. The number of likely N-dealkylation sites (N-methyl/N-ethyl adjacent to an activating group) is 1. The summed E-state index contributed by atoms with van der Waals surface area (Å²) >= 11 is 0. The van der Waals surface area contributed by atoms with Gasteiger partial charge in [0.15, 0.2) is 0 Å². The van der Waals surface area contributed by atoms with E-state index in [0.29, 0.717) is 18.7 Å². The minimum Gasteiger partial charge on any atom is -0.318 e. The van der Waals surface area contributed by atoms with Crippen molar-refractivity contribution in [2.24, 2.45) is 0 Å². The van der Waals surface area contributed by atoms with Crippen molar-refractivity contribution in [3.05, 3.63) is 29.3 Å². The van der Waals surface area contributed by atoms with Crippen molar-refractivity contribution in [1.82, 2.24) is 9.62 Å². The molecule has 0 amide bonds. The van der Waals surface area contributed by atoms with Gasteiger partial charge in [-0.05, 0) is 38.4 Å². The second kappa shape index (κ2) is 7.23. The van der Waals surface area contributed by atoms with E-state index in [2.05, 4.69) is 5.32 Å². The molecule has 0 aromatic heterocycles. The average molecular weight is 330 g/mol. The van der Waals surface area contributed by atoms with E-state index in [1.54, 1.807) is 19.1 Å². The number of rotatable bonds is 4. The van der Waals surface area contributed by atoms with E-state index in [1.165, 1.54) is 10.4 Å². The Morgan fingerprint density at radius 1 is 1.48 bits per heavy atom. The van der Waals surface area contributed by atoms with E-state index in [4.69, 9.17) is 0 Å². The topological polar surface area (TPSA) is 73.2 Å². The number of sulfonamides is 1. The number of aryl methyl sites for hydroxylation is 1. The number of hydrogen-bond acceptors (Lipinski definition) is 4. The molecule has 7 heteroatoms. The van der Waals surface area contributed by atoms with Gasteiger partial charge in [-0.2, -0.15) is 9.57 Å². The monoisotopic (exact) mass is 329 g/mol. The highest BCUT2D eigenvalue weighted by atomic mass is 35.5. The maximum absolute atomic E-state index is 12.8. The number of hydrogen-bond donors (Lipinski definition) is 1. The van der Waals surface area contributed by atoms with Crippen LogP contribution >= 0.6 is 12.4 Å². The van der Waals surface area contributed by atoms with Crippen LogP contribution in [0.1, 0.15) is 24.0 Å². The van der Waals surface area contributed by atoms with Gasteiger partial charge in [-0.1, -0.05) is 12.1 Å². The molecule has 1 fully saturated rings. The lowest BCUT2D eigenvalue weighted by molar-refractivity contribution is 0.379. The maximum atomic E-state index is 12.8. The van der Waals surface area contributed by atoms with Crippen LogP contribution in [-0.4, -0.2) is 38.9 Å². The normalized spacial score (nSPS) is 19.0. The highest BCUT2D eigenvalue weighted by Crippen LogP contribution is 2.28. The molecule has 0 bridgehead atoms. The summed E-state index contributed by atoms with van der Waals surface area (Å²) in [5, 5.41) is 12.3. The first-order valence-electron chi connectivity index (χ1n) is 6.68. The molecule has 5 nitrogen and oxygen atoms in total. The van der Waals surface area contributed by atoms with Gasteiger partial charge in [-0.15, -0.1) is 12.4 Å². The average Bonchev–Trinajstić information content (AvgIpc) is 2.88. The fourth-order valence-electron chi connectivity index (χ4n) is 2.69. The number of halogens is 1. The van der Waals surface area contributed by atoms with Crippen LogP contribution in [0.25, 0.3) is 0 Å². The maximum Gasteiger partial charge on any atom is 0.244 e. The molecule has 116 valence electrons. The van der Waals surface area contributed by atoms with E-state index in [-0.39, 0.29) is 28.9 Å². The first kappa shape index (κ1) is 17.9. The molecule has 0 radical (unpaired) electrons. The first-order chi connectivity index (χ1) is 9.52. The number of nitrogens with zero attached hydrogens (tertiary/aromatic N) is 2. The predicted octanol–water partition coefficient (Wildman–Crippen LogP) is 1.66. The third kappa shape index (κ3) is 3.38. The minimum atomic E-state index is -3.60. The van der Waals surface area contributed by atoms with E-state index < -0.39 is 10.0 Å². The van der Waals surface area contributed by atoms with Crippen LogP contribution in [0.3, 0.4) is 0 Å². The van der Waals surface area contributed by atoms with Crippen molar-refractivity contribution in [3.63, 3.8) is 0 Å². The summed E-state index contributed by atoms with van der Waals surface area (Å²) in [6.07, 6.45) is 1.72. The fraction of sp³-hybridized carbons (Fsp3) is 0.500. The zero-order chi connectivity index (χ0) is 14.8. The van der Waals surface area contributed by atoms with Gasteiger partial charge in [0.25, 0.3) is 0 Å². The van der Waals surface area contributed by atoms with E-state index in [9.17, 15) is 13.7 Å². The Balaban J connectivity index is 0.00000220. The fourth-order valence-corrected chi connectivity index (χ4v) is 4.60. The Bertz CT molecular complexity index is 640. The van der Waals surface area contributed by atoms with Gasteiger partial charge in [0.1, 0.15) is 11.0 Å². The highest BCUT2D eigenvalue weighted by Gasteiger charge is 2.36. The molecule has 1 saturated heterocycles. The molecular formula is C14H20ClN3O2S. The van der Waals surface area contributed by atoms with Crippen LogP contribution in [0.5, 0.6) is 0 Å². The third-order valence-electron chi connectivity index (χ3n) is 3.70. The Hall–Kier alpha value is -1.13. The molecule has 1 atom stereocenters. The smallest absolute Gasteiger partial charge is 0.244 e. The van der Waals surface area contributed by atoms with Crippen molar-refractivity contribution in [2.75, 3.05) is 20.1 Å². The van der Waals surface area contributed by atoms with E-state index >= 15 is 0 Å². The van der Waals surface area contributed by atoms with Crippen LogP contribution < -0.4 is 5.32 Å². The zero-order valence-corrected chi connectivity index (χ0v) is 13.8. The van der Waals surface area contributed by atoms with Crippen molar-refractivity contribution < 1.29 is 8.42 Å². The minimum absolute atomic E-state index is 0. The molecule has 0 saturated carbocycles. The predicted molar refractivity (Wildman–Crippen MR) is 84.0 cm³/mol. The number of nitriles is 1. The molecule has 1 unspecified atom stereocenters. The van der Waals surface area contributed by atoms with Crippen LogP contribution in [0.2, 0.25) is 0 Å². The molecule has 0 spiro atoms. The summed E-state index contributed by atoms with van der Waals surface area (Å²) in [6, 6.07) is 6.96. The van der Waals surface area contributed by atoms with Crippen molar-refractivity contribution >= 4 is 22.4 Å². The highest BCUT2D eigenvalue weighted by molar-refractivity contribution is 7.89. The second-order valence-corrected chi connectivity index (χ2v) is 6.89. The van der Waals surface area contributed by atoms with Gasteiger partial charge in [-0.25, -0.2) is 8.42 Å². The molecular weight excluding hydrogens is 310 g/mol. The summed E-state index contributed by atoms with van der Waals surface area (Å²) in [7, 11) is -1.79. The lowest BCUT2D eigenvalue weighted by Crippen LogP contribution is -2.41. The van der Waals surface area contributed by atoms with Crippen LogP contribution in [0.15, 0.2) is 23.1 Å². The first-order valence-corrected chi connectivity index (χ1v) is 8.12. The molecule has 21 heavy (non-hydrogen) atoms. The molecule has 1 N–H and O–H groups in total. The van der Waals surface area contributed by atoms with E-state index in [0.717, 1.165) is 12.8 Å². The van der Waals surface area contributed by atoms with Crippen molar-refractivity contribution in [3.8, 4) is 6.07 Å². The van der Waals surface area contributed by atoms with Crippen molar-refractivity contribution in [2.45, 2.75) is 30.7 Å². The van der Waals surface area contributed by atoms with E-state index in [1.807, 2.05) is 13.1 Å². The zero-order valence-electron chi connectivity index (χ0n) is 12.2. The second-order valence-electron chi connectivity index (χ2n) is 5.03. The molecule has 1 aromatic carbocycles. The van der Waals surface area contributed by atoms with Crippen LogP contribution in [0, 0.1) is 18.3 Å². The molecule has 0 aliphatic carbocycles. The van der Waals surface area contributed by atoms with Gasteiger partial charge in [0.05, 0.1) is 5.56 Å². The SMILES string of the molecule is CNCC1CCCN1S(=O)(=O)c1cccc(C)c1C#N.Cl. The van der Waals surface area contributed by atoms with Crippen LogP contribution in [-0.2, 0) is 10.0 Å². The Kier molecular flexibility index (Phi) is 6.17. The van der Waals surface area contributed by atoms with Gasteiger partial charge >= 0.3 is 0 Å². The number of benzene rings is 1. The van der Waals surface area contributed by atoms with Gasteiger partial charge in [0.2, 0.25) is 10.0 Å². The largest absolute Gasteiger partial charge is 0.318 e. The molecule has 1 aliphatic rings. The quantitative estimate of drug-likeness (QED) is 0.911. The summed E-state index contributed by atoms with van der Waals surface area (Å²) in [5.74, 6) is 0. The molecule has 1 aliphatic heterocycles. The van der Waals surface area contributed by atoms with Gasteiger partial charge < -0.3 is 5.32 Å². The summed E-state index contributed by atoms with van der Waals surface area (Å²) in [4.78, 5) is 0.128. The number of nitrogens with one attached hydrogen (secondary N) is 1. The Morgan fingerprint density at radius 3 is 2.81 bits per heavy atom. The molecule has 1 aromatic rings. The third-order valence-corrected chi connectivity index (χ3v) is 5.69.